The maximum atomic E-state index is 12.7. The fourth-order valence-electron chi connectivity index (χ4n) is 4.76. The molecule has 2 amide bonds. The number of rotatable bonds is 14. The van der Waals surface area contributed by atoms with E-state index in [0.29, 0.717) is 5.69 Å². The van der Waals surface area contributed by atoms with Gasteiger partial charge in [0.15, 0.2) is 12.1 Å². The number of anilines is 1. The Morgan fingerprint density at radius 1 is 1.12 bits per heavy atom. The number of carbonyl (C=O) groups excluding carboxylic acids is 2. The van der Waals surface area contributed by atoms with Crippen LogP contribution in [0.5, 0.6) is 0 Å². The lowest BCUT2D eigenvalue weighted by Gasteiger charge is -2.26. The van der Waals surface area contributed by atoms with Gasteiger partial charge in [-0.1, -0.05) is 56.9 Å². The number of fused-ring (bicyclic) bond motifs is 1. The maximum Gasteiger partial charge on any atom is 0.319 e. The van der Waals surface area contributed by atoms with Crippen LogP contribution >= 0.6 is 22.6 Å². The first-order valence-electron chi connectivity index (χ1n) is 14.1. The van der Waals surface area contributed by atoms with E-state index in [-0.39, 0.29) is 19.0 Å². The second-order valence-electron chi connectivity index (χ2n) is 10.7. The third kappa shape index (κ3) is 10.1. The third-order valence-corrected chi connectivity index (χ3v) is 7.64. The summed E-state index contributed by atoms with van der Waals surface area (Å²) in [7, 11) is 0. The van der Waals surface area contributed by atoms with Crippen LogP contribution in [-0.2, 0) is 30.2 Å². The van der Waals surface area contributed by atoms with Crippen molar-refractivity contribution in [2.75, 3.05) is 11.9 Å². The first-order valence-corrected chi connectivity index (χ1v) is 15.2. The van der Waals surface area contributed by atoms with E-state index >= 15 is 0 Å². The van der Waals surface area contributed by atoms with E-state index in [2.05, 4.69) is 46.2 Å². The van der Waals surface area contributed by atoms with Gasteiger partial charge in [-0.15, -0.1) is 0 Å². The van der Waals surface area contributed by atoms with Crippen molar-refractivity contribution in [1.82, 2.24) is 5.32 Å². The van der Waals surface area contributed by atoms with Gasteiger partial charge in [0.2, 0.25) is 0 Å². The van der Waals surface area contributed by atoms with Gasteiger partial charge < -0.3 is 34.7 Å². The van der Waals surface area contributed by atoms with Crippen molar-refractivity contribution in [3.63, 3.8) is 0 Å². The number of amides is 2. The third-order valence-electron chi connectivity index (χ3n) is 6.74. The van der Waals surface area contributed by atoms with E-state index < -0.39 is 42.5 Å². The fourth-order valence-corrected chi connectivity index (χ4v) is 5.48. The van der Waals surface area contributed by atoms with Crippen LogP contribution in [0.15, 0.2) is 42.5 Å². The first-order chi connectivity index (χ1) is 19.1. The molecule has 0 spiro atoms. The van der Waals surface area contributed by atoms with Crippen LogP contribution in [0.25, 0.3) is 0 Å². The molecule has 2 heterocycles. The number of nitrogens with one attached hydrogen (secondary N) is 2. The standard InChI is InChI=1S/C30H43IN2O7/c1-5-6-7-8-9-10-11-12-13-14-17-37-24(34)19-21-15-16-23(22(31)18-21)33-29(36)32-20(2)25-26-27(28(35)38-25)40-30(3,4)39-26/h11-16,18,20,25-28,35H,5-10,17,19H2,1-4H3,(H2,32,33,36)/t20-,25+,26-,27-,28-/m0/s1. The molecule has 40 heavy (non-hydrogen) atoms. The number of urea groups is 1. The number of aliphatic hydroxyl groups is 1. The Balaban J connectivity index is 1.38. The number of hydrogen-bond acceptors (Lipinski definition) is 7. The Morgan fingerprint density at radius 3 is 2.60 bits per heavy atom. The van der Waals surface area contributed by atoms with Crippen molar-refractivity contribution in [1.29, 1.82) is 0 Å². The summed E-state index contributed by atoms with van der Waals surface area (Å²) < 4.78 is 23.3. The normalized spacial score (nSPS) is 24.4. The zero-order valence-corrected chi connectivity index (χ0v) is 26.0. The molecule has 0 aliphatic carbocycles. The molecule has 0 radical (unpaired) electrons. The smallest absolute Gasteiger partial charge is 0.319 e. The molecule has 0 saturated carbocycles. The minimum Gasteiger partial charge on any atom is -0.461 e. The summed E-state index contributed by atoms with van der Waals surface area (Å²) >= 11 is 2.12. The topological polar surface area (TPSA) is 115 Å². The molecule has 5 atom stereocenters. The Bertz CT molecular complexity index is 1040. The van der Waals surface area contributed by atoms with Crippen LogP contribution in [-0.4, -0.2) is 60.1 Å². The molecule has 0 unspecified atom stereocenters. The SMILES string of the molecule is CCCCCCCC=CC=CCOC(=O)Cc1ccc(NC(=O)N[C@@H](C)[C@H]2O[C@H](O)[C@H]3OC(C)(C)O[C@@H]23)c(I)c1. The lowest BCUT2D eigenvalue weighted by atomic mass is 10.1. The van der Waals surface area contributed by atoms with Crippen molar-refractivity contribution in [3.8, 4) is 0 Å². The zero-order chi connectivity index (χ0) is 29.1. The van der Waals surface area contributed by atoms with Gasteiger partial charge >= 0.3 is 12.0 Å². The number of unbranched alkanes of at least 4 members (excludes halogenated alkanes) is 5. The Hall–Kier alpha value is -1.99. The van der Waals surface area contributed by atoms with Gasteiger partial charge in [0.25, 0.3) is 0 Å². The van der Waals surface area contributed by atoms with Crippen LogP contribution in [0.2, 0.25) is 0 Å². The Kier molecular flexibility index (Phi) is 12.9. The molecule has 3 rings (SSSR count). The van der Waals surface area contributed by atoms with Gasteiger partial charge in [-0.3, -0.25) is 4.79 Å². The molecule has 9 nitrogen and oxygen atoms in total. The lowest BCUT2D eigenvalue weighted by molar-refractivity contribution is -0.222. The second-order valence-corrected chi connectivity index (χ2v) is 11.8. The number of ether oxygens (including phenoxy) is 4. The molecule has 0 aromatic heterocycles. The van der Waals surface area contributed by atoms with Crippen molar-refractivity contribution in [2.24, 2.45) is 0 Å². The number of halogens is 1. The maximum absolute atomic E-state index is 12.7. The number of aliphatic hydroxyl groups excluding tert-OH is 1. The molecular weight excluding hydrogens is 627 g/mol. The fraction of sp³-hybridized carbons (Fsp3) is 0.600. The van der Waals surface area contributed by atoms with Crippen molar-refractivity contribution in [3.05, 3.63) is 51.6 Å². The van der Waals surface area contributed by atoms with E-state index in [4.69, 9.17) is 18.9 Å². The highest BCUT2D eigenvalue weighted by molar-refractivity contribution is 14.1. The molecule has 2 saturated heterocycles. The van der Waals surface area contributed by atoms with Crippen molar-refractivity contribution >= 4 is 40.3 Å². The van der Waals surface area contributed by atoms with E-state index in [9.17, 15) is 14.7 Å². The van der Waals surface area contributed by atoms with Gasteiger partial charge in [0, 0.05) is 3.57 Å². The van der Waals surface area contributed by atoms with Gasteiger partial charge in [0.1, 0.15) is 24.9 Å². The van der Waals surface area contributed by atoms with Crippen LogP contribution in [0, 0.1) is 3.57 Å². The Labute approximate surface area is 251 Å². The van der Waals surface area contributed by atoms with Gasteiger partial charge in [0.05, 0.1) is 18.2 Å². The monoisotopic (exact) mass is 670 g/mol. The molecule has 2 aliphatic heterocycles. The van der Waals surface area contributed by atoms with Crippen LogP contribution in [0.4, 0.5) is 10.5 Å². The highest BCUT2D eigenvalue weighted by Gasteiger charge is 2.56. The summed E-state index contributed by atoms with van der Waals surface area (Å²) in [5.74, 6) is -1.14. The predicted molar refractivity (Wildman–Crippen MR) is 162 cm³/mol. The summed E-state index contributed by atoms with van der Waals surface area (Å²) in [6.07, 6.45) is 12.7. The summed E-state index contributed by atoms with van der Waals surface area (Å²) in [6.45, 7) is 7.79. The number of hydrogen-bond donors (Lipinski definition) is 3. The van der Waals surface area contributed by atoms with Crippen LogP contribution in [0.3, 0.4) is 0 Å². The molecule has 222 valence electrons. The quantitative estimate of drug-likeness (QED) is 0.102. The molecule has 2 fully saturated rings. The van der Waals surface area contributed by atoms with E-state index in [0.717, 1.165) is 15.6 Å². The minimum absolute atomic E-state index is 0.142. The molecule has 3 N–H and O–H groups in total. The largest absolute Gasteiger partial charge is 0.461 e. The van der Waals surface area contributed by atoms with E-state index in [1.807, 2.05) is 24.3 Å². The molecular formula is C30H43IN2O7. The number of esters is 1. The molecule has 1 aromatic rings. The molecule has 2 aliphatic rings. The number of benzene rings is 1. The van der Waals surface area contributed by atoms with E-state index in [1.54, 1.807) is 32.9 Å². The van der Waals surface area contributed by atoms with Gasteiger partial charge in [-0.05, 0) is 80.0 Å². The van der Waals surface area contributed by atoms with Gasteiger partial charge in [-0.25, -0.2) is 4.79 Å². The summed E-state index contributed by atoms with van der Waals surface area (Å²) in [6, 6.07) is 4.51. The molecule has 1 aromatic carbocycles. The van der Waals surface area contributed by atoms with Gasteiger partial charge in [-0.2, -0.15) is 0 Å². The summed E-state index contributed by atoms with van der Waals surface area (Å²) in [4.78, 5) is 24.9. The Morgan fingerprint density at radius 2 is 1.85 bits per heavy atom. The van der Waals surface area contributed by atoms with Crippen molar-refractivity contribution in [2.45, 2.75) is 109 Å². The van der Waals surface area contributed by atoms with Crippen LogP contribution < -0.4 is 10.6 Å². The van der Waals surface area contributed by atoms with Crippen molar-refractivity contribution < 1.29 is 33.6 Å². The minimum atomic E-state index is -1.12. The lowest BCUT2D eigenvalue weighted by Crippen LogP contribution is -2.48. The highest BCUT2D eigenvalue weighted by Crippen LogP contribution is 2.38. The number of allylic oxidation sites excluding steroid dienone is 3. The summed E-state index contributed by atoms with van der Waals surface area (Å²) in [5, 5.41) is 15.9. The van der Waals surface area contributed by atoms with Crippen LogP contribution in [0.1, 0.15) is 71.8 Å². The van der Waals surface area contributed by atoms with E-state index in [1.165, 1.54) is 32.1 Å². The first kappa shape index (κ1) is 32.5. The number of carbonyl (C=O) groups is 2. The molecule has 10 heteroatoms. The summed E-state index contributed by atoms with van der Waals surface area (Å²) in [5.41, 5.74) is 1.40. The second kappa shape index (κ2) is 15.9. The average Bonchev–Trinajstić information content (AvgIpc) is 3.37. The zero-order valence-electron chi connectivity index (χ0n) is 23.9. The average molecular weight is 671 g/mol. The predicted octanol–water partition coefficient (Wildman–Crippen LogP) is 5.60. The molecule has 0 bridgehead atoms. The highest BCUT2D eigenvalue weighted by atomic mass is 127.